The third-order valence-electron chi connectivity index (χ3n) is 13.2. The van der Waals surface area contributed by atoms with Gasteiger partial charge in [-0.15, -0.1) is 0 Å². The predicted molar refractivity (Wildman–Crippen MR) is 304 cm³/mol. The van der Waals surface area contributed by atoms with Crippen LogP contribution in [0.4, 0.5) is 0 Å². The van der Waals surface area contributed by atoms with Gasteiger partial charge >= 0.3 is 17.1 Å². The number of carbonyl (C=O) groups excluding carboxylic acids is 4. The van der Waals surface area contributed by atoms with Crippen LogP contribution in [0, 0.1) is 0 Å². The number of nitrogens with one attached hydrogen (secondary N) is 4. The van der Waals surface area contributed by atoms with Crippen molar-refractivity contribution in [3.63, 3.8) is 0 Å². The van der Waals surface area contributed by atoms with Crippen LogP contribution in [0.15, 0.2) is 183 Å². The van der Waals surface area contributed by atoms with Gasteiger partial charge in [-0.1, -0.05) is 49.2 Å². The van der Waals surface area contributed by atoms with E-state index in [1.54, 1.807) is 61.7 Å². The van der Waals surface area contributed by atoms with Crippen molar-refractivity contribution in [2.24, 2.45) is 0 Å². The fraction of sp³-hybridized carbons (Fsp3) is 0.290. The number of hydrogen-bond acceptors (Lipinski definition) is 14. The van der Waals surface area contributed by atoms with E-state index in [9.17, 15) is 19.2 Å². The van der Waals surface area contributed by atoms with Crippen LogP contribution in [0.2, 0.25) is 0 Å². The number of hydrogen-bond donors (Lipinski definition) is 4. The maximum absolute atomic E-state index is 13.0. The third-order valence-corrected chi connectivity index (χ3v) is 13.2. The quantitative estimate of drug-likeness (QED) is 0.0239. The topological polar surface area (TPSA) is 226 Å². The van der Waals surface area contributed by atoms with Gasteiger partial charge in [0, 0.05) is 115 Å². The van der Waals surface area contributed by atoms with Gasteiger partial charge in [-0.25, -0.2) is 0 Å². The van der Waals surface area contributed by atoms with E-state index in [4.69, 9.17) is 19.9 Å². The molecule has 81 heavy (non-hydrogen) atoms. The van der Waals surface area contributed by atoms with Crippen LogP contribution in [-0.4, -0.2) is 99.5 Å². The first-order chi connectivity index (χ1) is 39.4. The molecule has 0 aromatic carbocycles. The van der Waals surface area contributed by atoms with E-state index in [0.717, 1.165) is 71.2 Å². The Kier molecular flexibility index (Phi) is 24.7. The zero-order valence-corrected chi connectivity index (χ0v) is 46.4. The summed E-state index contributed by atoms with van der Waals surface area (Å²) < 4.78 is 0. The van der Waals surface area contributed by atoms with Gasteiger partial charge in [-0.05, 0) is 123 Å². The first kappa shape index (κ1) is 60.2. The Morgan fingerprint density at radius 1 is 0.346 bits per heavy atom. The number of pyridine rings is 8. The van der Waals surface area contributed by atoms with Crippen molar-refractivity contribution in [1.82, 2.24) is 70.9 Å². The molecule has 0 aliphatic carbocycles. The van der Waals surface area contributed by atoms with Gasteiger partial charge in [0.25, 0.3) is 11.8 Å². The Balaban J connectivity index is 0.00000946. The van der Waals surface area contributed by atoms with Crippen LogP contribution in [0.3, 0.4) is 0 Å². The second kappa shape index (κ2) is 33.2. The summed E-state index contributed by atoms with van der Waals surface area (Å²) in [5, 5.41) is 11.7. The van der Waals surface area contributed by atoms with Crippen molar-refractivity contribution in [3.05, 3.63) is 240 Å². The van der Waals surface area contributed by atoms with Crippen molar-refractivity contribution < 1.29 is 36.2 Å². The molecule has 19 heteroatoms. The van der Waals surface area contributed by atoms with Crippen LogP contribution >= 0.6 is 0 Å². The molecule has 0 saturated heterocycles. The van der Waals surface area contributed by atoms with Gasteiger partial charge in [0.15, 0.2) is 0 Å². The summed E-state index contributed by atoms with van der Waals surface area (Å²) in [6.45, 7) is 3.64. The largest absolute Gasteiger partial charge is 2.00 e. The fourth-order valence-corrected chi connectivity index (χ4v) is 9.14. The second-order valence-corrected chi connectivity index (χ2v) is 19.2. The molecular weight excluding hydrogens is 1060 g/mol. The third kappa shape index (κ3) is 19.7. The first-order valence-electron chi connectivity index (χ1n) is 27.3. The normalized spacial score (nSPS) is 11.1. The average molecular weight is 1130 g/mol. The van der Waals surface area contributed by atoms with E-state index < -0.39 is 0 Å². The Labute approximate surface area is 484 Å². The van der Waals surface area contributed by atoms with Gasteiger partial charge in [0.2, 0.25) is 11.8 Å². The summed E-state index contributed by atoms with van der Waals surface area (Å²) in [6.07, 6.45) is 18.9. The minimum absolute atomic E-state index is 0. The van der Waals surface area contributed by atoms with Crippen molar-refractivity contribution in [2.45, 2.75) is 89.6 Å². The molecule has 0 aliphatic rings. The number of nitrogens with zero attached hydrogens (tertiary/aromatic N) is 10. The Bertz CT molecular complexity index is 2810. The van der Waals surface area contributed by atoms with E-state index >= 15 is 0 Å². The van der Waals surface area contributed by atoms with E-state index in [-0.39, 0.29) is 52.8 Å². The zero-order valence-electron chi connectivity index (χ0n) is 45.2. The number of amides is 4. The minimum atomic E-state index is -0.271. The molecule has 8 heterocycles. The number of rotatable bonds is 31. The predicted octanol–water partition coefficient (Wildman–Crippen LogP) is 7.94. The number of carbonyl (C=O) groups is 4. The van der Waals surface area contributed by atoms with Gasteiger partial charge in [-0.3, -0.25) is 68.8 Å². The van der Waals surface area contributed by atoms with Gasteiger partial charge in [-0.2, -0.15) is 0 Å². The Morgan fingerprint density at radius 2 is 0.667 bits per heavy atom. The molecule has 0 unspecified atom stereocenters. The molecule has 0 aliphatic heterocycles. The molecule has 0 radical (unpaired) electrons. The molecule has 0 atom stereocenters. The molecule has 0 saturated carbocycles. The summed E-state index contributed by atoms with van der Waals surface area (Å²) >= 11 is 0. The van der Waals surface area contributed by atoms with E-state index in [1.807, 2.05) is 121 Å². The Hall–Kier alpha value is -8.48. The molecule has 8 aromatic rings. The van der Waals surface area contributed by atoms with Crippen LogP contribution < -0.4 is 21.3 Å². The molecule has 0 fully saturated rings. The number of unbranched alkanes of at least 4 members (excludes halogenated alkanes) is 3. The van der Waals surface area contributed by atoms with Crippen molar-refractivity contribution >= 4 is 23.6 Å². The smallest absolute Gasteiger partial charge is 0.356 e. The van der Waals surface area contributed by atoms with E-state index in [1.165, 1.54) is 0 Å². The molecule has 0 spiro atoms. The van der Waals surface area contributed by atoms with Crippen LogP contribution in [0.25, 0.3) is 0 Å². The Morgan fingerprint density at radius 3 is 0.963 bits per heavy atom. The summed E-state index contributed by atoms with van der Waals surface area (Å²) in [5.41, 5.74) is 7.64. The number of aromatic nitrogens is 8. The van der Waals surface area contributed by atoms with Crippen LogP contribution in [0.1, 0.15) is 130 Å². The maximum Gasteiger partial charge on any atom is 2.00 e. The van der Waals surface area contributed by atoms with Gasteiger partial charge < -0.3 is 21.3 Å². The monoisotopic (exact) mass is 1130 g/mol. The van der Waals surface area contributed by atoms with E-state index in [2.05, 4.69) is 51.0 Å². The molecule has 18 nitrogen and oxygen atoms in total. The van der Waals surface area contributed by atoms with Crippen LogP contribution in [0.5, 0.6) is 0 Å². The fourth-order valence-electron chi connectivity index (χ4n) is 9.14. The first-order valence-corrected chi connectivity index (χ1v) is 27.3. The van der Waals surface area contributed by atoms with Gasteiger partial charge in [0.05, 0.1) is 68.8 Å². The van der Waals surface area contributed by atoms with Crippen LogP contribution in [-0.2, 0) is 52.8 Å². The standard InChI is InChI=1S/C62H68N14O4.Fe/c77-57(69-37-17-39-71-61(79)47-27-29-51(73-41-47)45-75(43-49-19-5-11-31-63-49)59(53-21-7-13-33-65-53)54-22-8-14-34-66-54)25-3-1-2-4-26-58(78)70-38-18-40-72-62(80)48-28-30-52(74-42-48)46-76(44-50-20-6-12-32-64-50)60(55-23-9-15-35-67-55)56-24-10-16-36-68-56;/h5-16,19-24,27-36,41-42,59-60H,1-4,17-18,25-26,37-40,43-46H2,(H,69,77)(H,70,78)(H,71,79)(H,72,80);/q;+2. The minimum Gasteiger partial charge on any atom is -0.356 e. The summed E-state index contributed by atoms with van der Waals surface area (Å²) in [5.74, 6) is -0.543. The molecular formula is C62H68FeN14O4+2. The molecule has 8 rings (SSSR count). The molecule has 416 valence electrons. The molecule has 0 bridgehead atoms. The summed E-state index contributed by atoms with van der Waals surface area (Å²) in [6, 6.07) is 41.8. The van der Waals surface area contributed by atoms with Crippen molar-refractivity contribution in [3.8, 4) is 0 Å². The SMILES string of the molecule is O=C(CCCCCCC(=O)NCCCNC(=O)c1ccc(CN(Cc2ccccn2)C(c2ccccn2)c2ccccn2)nc1)NCCCNC(=O)c1ccc(CN(Cc2ccccn2)C(c2ccccn2)c2ccccn2)nc1.[Fe+2]. The van der Waals surface area contributed by atoms with Crippen molar-refractivity contribution in [2.75, 3.05) is 26.2 Å². The molecule has 8 aromatic heterocycles. The van der Waals surface area contributed by atoms with Gasteiger partial charge in [0.1, 0.15) is 0 Å². The summed E-state index contributed by atoms with van der Waals surface area (Å²) in [7, 11) is 0. The zero-order chi connectivity index (χ0) is 55.4. The summed E-state index contributed by atoms with van der Waals surface area (Å²) in [4.78, 5) is 92.8. The van der Waals surface area contributed by atoms with Crippen molar-refractivity contribution in [1.29, 1.82) is 0 Å². The maximum atomic E-state index is 13.0. The average Bonchev–Trinajstić information content (AvgIpc) is 3.62. The molecule has 4 amide bonds. The second-order valence-electron chi connectivity index (χ2n) is 19.2. The van der Waals surface area contributed by atoms with E-state index in [0.29, 0.717) is 89.2 Å². The molecule has 4 N–H and O–H groups in total.